The highest BCUT2D eigenvalue weighted by atomic mass is 19.3. The minimum atomic E-state index is -2.64. The van der Waals surface area contributed by atoms with E-state index in [0.29, 0.717) is 5.69 Å². The van der Waals surface area contributed by atoms with E-state index in [4.69, 9.17) is 10.8 Å². The fourth-order valence-electron chi connectivity index (χ4n) is 1.47. The van der Waals surface area contributed by atoms with Crippen LogP contribution in [0.2, 0.25) is 0 Å². The maximum absolute atomic E-state index is 12.3. The summed E-state index contributed by atoms with van der Waals surface area (Å²) in [4.78, 5) is 16.8. The minimum Gasteiger partial charge on any atom is -0.395 e. The van der Waals surface area contributed by atoms with Crippen LogP contribution in [-0.2, 0) is 6.54 Å². The Balaban J connectivity index is 2.86. The molecule has 0 aliphatic carbocycles. The predicted octanol–water partition coefficient (Wildman–Crippen LogP) is 0.240. The van der Waals surface area contributed by atoms with Crippen molar-refractivity contribution in [3.05, 3.63) is 29.6 Å². The summed E-state index contributed by atoms with van der Waals surface area (Å²) >= 11 is 0. The fourth-order valence-corrected chi connectivity index (χ4v) is 1.47. The lowest BCUT2D eigenvalue weighted by Crippen LogP contribution is -2.37. The van der Waals surface area contributed by atoms with Crippen LogP contribution >= 0.6 is 0 Å². The van der Waals surface area contributed by atoms with Crippen LogP contribution in [0.3, 0.4) is 0 Å². The van der Waals surface area contributed by atoms with Crippen LogP contribution in [0.5, 0.6) is 0 Å². The summed E-state index contributed by atoms with van der Waals surface area (Å²) in [5, 5.41) is 8.77. The van der Waals surface area contributed by atoms with Gasteiger partial charge in [0, 0.05) is 24.8 Å². The Morgan fingerprint density at radius 1 is 1.56 bits per heavy atom. The van der Waals surface area contributed by atoms with Gasteiger partial charge in [0.15, 0.2) is 0 Å². The first-order valence-electron chi connectivity index (χ1n) is 5.41. The monoisotopic (exact) mass is 259 g/mol. The van der Waals surface area contributed by atoms with Crippen molar-refractivity contribution in [2.75, 3.05) is 19.7 Å². The highest BCUT2D eigenvalue weighted by molar-refractivity contribution is 5.94. The number of hydrogen-bond donors (Lipinski definition) is 2. The first-order chi connectivity index (χ1) is 8.58. The molecule has 0 radical (unpaired) electrons. The van der Waals surface area contributed by atoms with Crippen LogP contribution in [0.1, 0.15) is 16.1 Å². The van der Waals surface area contributed by atoms with Crippen molar-refractivity contribution < 1.29 is 18.7 Å². The van der Waals surface area contributed by atoms with Crippen molar-refractivity contribution >= 4 is 5.91 Å². The van der Waals surface area contributed by atoms with Crippen molar-refractivity contribution in [1.29, 1.82) is 0 Å². The Kier molecular flexibility index (Phi) is 5.60. The zero-order valence-corrected chi connectivity index (χ0v) is 9.72. The maximum atomic E-state index is 12.3. The van der Waals surface area contributed by atoms with E-state index in [-0.39, 0.29) is 25.3 Å². The molecule has 1 heterocycles. The van der Waals surface area contributed by atoms with E-state index in [1.54, 1.807) is 0 Å². The highest BCUT2D eigenvalue weighted by Crippen LogP contribution is 2.08. The van der Waals surface area contributed by atoms with Gasteiger partial charge in [0.05, 0.1) is 18.8 Å². The molecule has 1 aromatic heterocycles. The molecule has 7 heteroatoms. The SMILES string of the molecule is NCc1cc(C(=O)N(CCO)CC(F)F)ccn1. The second-order valence-corrected chi connectivity index (χ2v) is 3.61. The molecule has 1 aromatic rings. The van der Waals surface area contributed by atoms with Crippen LogP contribution in [-0.4, -0.2) is 47.0 Å². The molecule has 0 spiro atoms. The van der Waals surface area contributed by atoms with E-state index in [9.17, 15) is 13.6 Å². The lowest BCUT2D eigenvalue weighted by atomic mass is 10.2. The molecule has 3 N–H and O–H groups in total. The number of hydrogen-bond acceptors (Lipinski definition) is 4. The van der Waals surface area contributed by atoms with Gasteiger partial charge in [-0.3, -0.25) is 9.78 Å². The third-order valence-electron chi connectivity index (χ3n) is 2.29. The number of carbonyl (C=O) groups excluding carboxylic acids is 1. The molecule has 0 fully saturated rings. The van der Waals surface area contributed by atoms with Crippen LogP contribution < -0.4 is 5.73 Å². The molecule has 0 atom stereocenters. The van der Waals surface area contributed by atoms with E-state index < -0.39 is 18.9 Å². The third-order valence-corrected chi connectivity index (χ3v) is 2.29. The third kappa shape index (κ3) is 4.01. The van der Waals surface area contributed by atoms with E-state index in [0.717, 1.165) is 4.90 Å². The van der Waals surface area contributed by atoms with Crippen molar-refractivity contribution in [3.63, 3.8) is 0 Å². The van der Waals surface area contributed by atoms with Gasteiger partial charge in [-0.2, -0.15) is 0 Å². The normalized spacial score (nSPS) is 10.7. The molecule has 1 amide bonds. The minimum absolute atomic E-state index is 0.135. The number of amides is 1. The summed E-state index contributed by atoms with van der Waals surface area (Å²) in [5.41, 5.74) is 6.12. The molecule has 0 saturated heterocycles. The van der Waals surface area contributed by atoms with Gasteiger partial charge in [0.25, 0.3) is 12.3 Å². The maximum Gasteiger partial charge on any atom is 0.255 e. The summed E-state index contributed by atoms with van der Waals surface area (Å²) < 4.78 is 24.6. The summed E-state index contributed by atoms with van der Waals surface area (Å²) in [6, 6.07) is 2.88. The second kappa shape index (κ2) is 6.97. The van der Waals surface area contributed by atoms with Gasteiger partial charge in [0.1, 0.15) is 0 Å². The average molecular weight is 259 g/mol. The Morgan fingerprint density at radius 2 is 2.28 bits per heavy atom. The number of pyridine rings is 1. The standard InChI is InChI=1S/C11H15F2N3O2/c12-10(13)7-16(3-4-17)11(18)8-1-2-15-9(5-8)6-14/h1-2,5,10,17H,3-4,6-7,14H2. The smallest absolute Gasteiger partial charge is 0.255 e. The Morgan fingerprint density at radius 3 is 2.83 bits per heavy atom. The van der Waals surface area contributed by atoms with E-state index in [2.05, 4.69) is 4.98 Å². The molecule has 5 nitrogen and oxygen atoms in total. The number of alkyl halides is 2. The van der Waals surface area contributed by atoms with Crippen molar-refractivity contribution in [2.24, 2.45) is 5.73 Å². The summed E-state index contributed by atoms with van der Waals surface area (Å²) in [5.74, 6) is -0.568. The van der Waals surface area contributed by atoms with Crippen LogP contribution in [0, 0.1) is 0 Å². The first-order valence-corrected chi connectivity index (χ1v) is 5.41. The summed E-state index contributed by atoms with van der Waals surface area (Å²) in [6.45, 7) is -1.05. The molecule has 0 aliphatic rings. The molecule has 0 aromatic carbocycles. The lowest BCUT2D eigenvalue weighted by molar-refractivity contribution is 0.0509. The molecule has 100 valence electrons. The molecule has 0 unspecified atom stereocenters. The molecule has 18 heavy (non-hydrogen) atoms. The van der Waals surface area contributed by atoms with Gasteiger partial charge >= 0.3 is 0 Å². The zero-order chi connectivity index (χ0) is 13.5. The quantitative estimate of drug-likeness (QED) is 0.767. The van der Waals surface area contributed by atoms with Gasteiger partial charge < -0.3 is 15.7 Å². The van der Waals surface area contributed by atoms with Crippen molar-refractivity contribution in [2.45, 2.75) is 13.0 Å². The van der Waals surface area contributed by atoms with Gasteiger partial charge in [-0.05, 0) is 12.1 Å². The number of rotatable bonds is 6. The molecule has 0 aliphatic heterocycles. The topological polar surface area (TPSA) is 79.5 Å². The van der Waals surface area contributed by atoms with Crippen LogP contribution in [0.4, 0.5) is 8.78 Å². The number of carbonyl (C=O) groups is 1. The van der Waals surface area contributed by atoms with Gasteiger partial charge in [-0.25, -0.2) is 8.78 Å². The molecular weight excluding hydrogens is 244 g/mol. The molecular formula is C11H15F2N3O2. The summed E-state index contributed by atoms with van der Waals surface area (Å²) in [7, 11) is 0. The first kappa shape index (κ1) is 14.5. The number of nitrogens with two attached hydrogens (primary N) is 1. The highest BCUT2D eigenvalue weighted by Gasteiger charge is 2.19. The number of nitrogens with zero attached hydrogens (tertiary/aromatic N) is 2. The zero-order valence-electron chi connectivity index (χ0n) is 9.72. The molecule has 1 rings (SSSR count). The van der Waals surface area contributed by atoms with E-state index in [1.807, 2.05) is 0 Å². The van der Waals surface area contributed by atoms with Crippen molar-refractivity contribution in [1.82, 2.24) is 9.88 Å². The number of halogens is 2. The number of aliphatic hydroxyl groups is 1. The Hall–Kier alpha value is -1.60. The Bertz CT molecular complexity index is 402. The lowest BCUT2D eigenvalue weighted by Gasteiger charge is -2.21. The Labute approximate surface area is 103 Å². The number of aliphatic hydroxyl groups excluding tert-OH is 1. The van der Waals surface area contributed by atoms with Gasteiger partial charge in [-0.15, -0.1) is 0 Å². The van der Waals surface area contributed by atoms with Gasteiger partial charge in [0.2, 0.25) is 0 Å². The average Bonchev–Trinajstić information content (AvgIpc) is 2.37. The summed E-state index contributed by atoms with van der Waals surface area (Å²) in [6.07, 6.45) is -1.24. The van der Waals surface area contributed by atoms with Crippen LogP contribution in [0.25, 0.3) is 0 Å². The largest absolute Gasteiger partial charge is 0.395 e. The van der Waals surface area contributed by atoms with E-state index in [1.165, 1.54) is 18.3 Å². The second-order valence-electron chi connectivity index (χ2n) is 3.61. The van der Waals surface area contributed by atoms with E-state index >= 15 is 0 Å². The molecule has 0 saturated carbocycles. The van der Waals surface area contributed by atoms with Gasteiger partial charge in [-0.1, -0.05) is 0 Å². The fraction of sp³-hybridized carbons (Fsp3) is 0.455. The predicted molar refractivity (Wildman–Crippen MR) is 61.1 cm³/mol. The van der Waals surface area contributed by atoms with Crippen LogP contribution in [0.15, 0.2) is 18.3 Å². The number of aromatic nitrogens is 1. The molecule has 0 bridgehead atoms. The van der Waals surface area contributed by atoms with Crippen molar-refractivity contribution in [3.8, 4) is 0 Å².